The minimum Gasteiger partial charge on any atom is -0.364 e. The number of aromatic nitrogens is 2. The Balaban J connectivity index is 2.46. The van der Waals surface area contributed by atoms with E-state index in [0.717, 1.165) is 0 Å². The Kier molecular flexibility index (Phi) is 1.77. The number of hydrogen-bond acceptors (Lipinski definition) is 3. The lowest BCUT2D eigenvalue weighted by molar-refractivity contribution is 0.0742. The van der Waals surface area contributed by atoms with Gasteiger partial charge in [0.25, 0.3) is 11.8 Å². The van der Waals surface area contributed by atoms with E-state index >= 15 is 0 Å². The van der Waals surface area contributed by atoms with Gasteiger partial charge in [0.15, 0.2) is 5.69 Å². The minimum atomic E-state index is -0.609. The Hall–Kier alpha value is -1.85. The summed E-state index contributed by atoms with van der Waals surface area (Å²) in [7, 11) is 1.71. The van der Waals surface area contributed by atoms with Crippen LogP contribution >= 0.6 is 0 Å². The fourth-order valence-corrected chi connectivity index (χ4v) is 1.42. The number of nitrogens with two attached hydrogens (primary N) is 1. The largest absolute Gasteiger partial charge is 0.364 e. The molecule has 0 unspecified atom stereocenters. The number of likely N-dealkylation sites (N-methyl/N-ethyl adjacent to an activating group) is 1. The van der Waals surface area contributed by atoms with Crippen molar-refractivity contribution in [1.29, 1.82) is 0 Å². The number of carbonyl (C=O) groups is 2. The highest BCUT2D eigenvalue weighted by atomic mass is 16.2. The van der Waals surface area contributed by atoms with Gasteiger partial charge in [-0.1, -0.05) is 0 Å². The highest BCUT2D eigenvalue weighted by molar-refractivity contribution is 5.97. The molecule has 2 N–H and O–H groups in total. The molecule has 0 fully saturated rings. The molecule has 6 heteroatoms. The third-order valence-electron chi connectivity index (χ3n) is 2.25. The first-order valence-electron chi connectivity index (χ1n) is 4.22. The molecule has 6 nitrogen and oxygen atoms in total. The summed E-state index contributed by atoms with van der Waals surface area (Å²) in [6.07, 6.45) is 0. The molecule has 1 aliphatic heterocycles. The van der Waals surface area contributed by atoms with E-state index in [1.54, 1.807) is 11.9 Å². The van der Waals surface area contributed by atoms with Crippen LogP contribution in [0.1, 0.15) is 21.0 Å². The number of rotatable bonds is 1. The van der Waals surface area contributed by atoms with Crippen molar-refractivity contribution in [2.75, 3.05) is 13.6 Å². The van der Waals surface area contributed by atoms with Gasteiger partial charge in [-0.3, -0.25) is 14.3 Å². The van der Waals surface area contributed by atoms with Crippen LogP contribution in [0.4, 0.5) is 0 Å². The van der Waals surface area contributed by atoms with Crippen molar-refractivity contribution in [2.24, 2.45) is 5.73 Å². The normalized spacial score (nSPS) is 15.5. The molecule has 0 atom stereocenters. The van der Waals surface area contributed by atoms with Crippen molar-refractivity contribution in [3.8, 4) is 0 Å². The fraction of sp³-hybridized carbons (Fsp3) is 0.375. The first-order valence-corrected chi connectivity index (χ1v) is 4.22. The Bertz CT molecular complexity index is 409. The summed E-state index contributed by atoms with van der Waals surface area (Å²) >= 11 is 0. The highest BCUT2D eigenvalue weighted by Crippen LogP contribution is 2.11. The van der Waals surface area contributed by atoms with Crippen molar-refractivity contribution in [3.05, 3.63) is 17.5 Å². The summed E-state index contributed by atoms with van der Waals surface area (Å²) in [5, 5.41) is 3.93. The van der Waals surface area contributed by atoms with E-state index in [0.29, 0.717) is 18.8 Å². The number of hydrogen-bond donors (Lipinski definition) is 1. The van der Waals surface area contributed by atoms with E-state index in [9.17, 15) is 9.59 Å². The van der Waals surface area contributed by atoms with Gasteiger partial charge in [-0.25, -0.2) is 0 Å². The van der Waals surface area contributed by atoms with Crippen LogP contribution in [0.15, 0.2) is 6.07 Å². The van der Waals surface area contributed by atoms with E-state index < -0.39 is 5.91 Å². The van der Waals surface area contributed by atoms with Gasteiger partial charge in [0.1, 0.15) is 5.69 Å². The number of amides is 2. The Morgan fingerprint density at radius 3 is 2.93 bits per heavy atom. The fourth-order valence-electron chi connectivity index (χ4n) is 1.42. The second-order valence-corrected chi connectivity index (χ2v) is 3.23. The number of primary amides is 1. The highest BCUT2D eigenvalue weighted by Gasteiger charge is 2.24. The Morgan fingerprint density at radius 1 is 1.57 bits per heavy atom. The average molecular weight is 194 g/mol. The Morgan fingerprint density at radius 2 is 2.29 bits per heavy atom. The van der Waals surface area contributed by atoms with Crippen molar-refractivity contribution < 1.29 is 9.59 Å². The zero-order chi connectivity index (χ0) is 10.3. The second kappa shape index (κ2) is 2.83. The Labute approximate surface area is 80.3 Å². The van der Waals surface area contributed by atoms with Gasteiger partial charge in [-0.2, -0.15) is 5.10 Å². The van der Waals surface area contributed by atoms with Gasteiger partial charge in [0.2, 0.25) is 0 Å². The molecular formula is C8H10N4O2. The van der Waals surface area contributed by atoms with Crippen LogP contribution in [0.5, 0.6) is 0 Å². The maximum Gasteiger partial charge on any atom is 0.271 e. The monoisotopic (exact) mass is 194 g/mol. The van der Waals surface area contributed by atoms with Crippen LogP contribution in [0.2, 0.25) is 0 Å². The van der Waals surface area contributed by atoms with Gasteiger partial charge in [0.05, 0.1) is 6.54 Å². The van der Waals surface area contributed by atoms with Gasteiger partial charge in [0, 0.05) is 19.7 Å². The van der Waals surface area contributed by atoms with Crippen LogP contribution in [-0.4, -0.2) is 40.1 Å². The summed E-state index contributed by atoms with van der Waals surface area (Å²) in [4.78, 5) is 24.0. The molecule has 74 valence electrons. The third-order valence-corrected chi connectivity index (χ3v) is 2.25. The lowest BCUT2D eigenvalue weighted by Crippen LogP contribution is -2.37. The molecule has 2 heterocycles. The van der Waals surface area contributed by atoms with Gasteiger partial charge >= 0.3 is 0 Å². The quantitative estimate of drug-likeness (QED) is 0.627. The summed E-state index contributed by atoms with van der Waals surface area (Å²) < 4.78 is 1.52. The maximum absolute atomic E-state index is 11.6. The molecule has 0 saturated heterocycles. The zero-order valence-electron chi connectivity index (χ0n) is 7.73. The van der Waals surface area contributed by atoms with E-state index in [-0.39, 0.29) is 11.6 Å². The molecule has 0 aromatic carbocycles. The van der Waals surface area contributed by atoms with Crippen molar-refractivity contribution in [1.82, 2.24) is 14.7 Å². The standard InChI is InChI=1S/C8H10N4O2/c1-11-2-3-12-6(8(11)14)4-5(10-12)7(9)13/h4H,2-3H2,1H3,(H2,9,13). The smallest absolute Gasteiger partial charge is 0.271 e. The lowest BCUT2D eigenvalue weighted by atomic mass is 10.3. The van der Waals surface area contributed by atoms with Crippen molar-refractivity contribution in [2.45, 2.75) is 6.54 Å². The van der Waals surface area contributed by atoms with Crippen LogP contribution < -0.4 is 5.73 Å². The first-order chi connectivity index (χ1) is 6.59. The number of nitrogens with zero attached hydrogens (tertiary/aromatic N) is 3. The molecule has 1 aromatic heterocycles. The summed E-state index contributed by atoms with van der Waals surface area (Å²) in [6, 6.07) is 1.43. The van der Waals surface area contributed by atoms with Crippen molar-refractivity contribution in [3.63, 3.8) is 0 Å². The summed E-state index contributed by atoms with van der Waals surface area (Å²) in [5.41, 5.74) is 5.63. The molecule has 2 amide bonds. The van der Waals surface area contributed by atoms with E-state index in [2.05, 4.69) is 5.10 Å². The SMILES string of the molecule is CN1CCn2nc(C(N)=O)cc2C1=O. The van der Waals surface area contributed by atoms with Gasteiger partial charge in [-0.05, 0) is 0 Å². The molecule has 0 saturated carbocycles. The third kappa shape index (κ3) is 1.15. The van der Waals surface area contributed by atoms with Crippen molar-refractivity contribution >= 4 is 11.8 Å². The summed E-state index contributed by atoms with van der Waals surface area (Å²) in [5.74, 6) is -0.737. The van der Waals surface area contributed by atoms with E-state index in [1.807, 2.05) is 0 Å². The van der Waals surface area contributed by atoms with Crippen LogP contribution in [0.3, 0.4) is 0 Å². The van der Waals surface area contributed by atoms with Gasteiger partial charge < -0.3 is 10.6 Å². The predicted octanol–water partition coefficient (Wildman–Crippen LogP) is -0.932. The molecule has 0 bridgehead atoms. The minimum absolute atomic E-state index is 0.128. The molecule has 1 aliphatic rings. The topological polar surface area (TPSA) is 81.2 Å². The van der Waals surface area contributed by atoms with Crippen LogP contribution in [0, 0.1) is 0 Å². The van der Waals surface area contributed by atoms with E-state index in [4.69, 9.17) is 5.73 Å². The molecule has 0 aliphatic carbocycles. The molecule has 0 spiro atoms. The number of carbonyl (C=O) groups excluding carboxylic acids is 2. The van der Waals surface area contributed by atoms with E-state index in [1.165, 1.54) is 10.7 Å². The van der Waals surface area contributed by atoms with Gasteiger partial charge in [-0.15, -0.1) is 0 Å². The molecular weight excluding hydrogens is 184 g/mol. The summed E-state index contributed by atoms with van der Waals surface area (Å²) in [6.45, 7) is 1.20. The van der Waals surface area contributed by atoms with Crippen LogP contribution in [0.25, 0.3) is 0 Å². The molecule has 1 aromatic rings. The molecule has 2 rings (SSSR count). The molecule has 0 radical (unpaired) electrons. The maximum atomic E-state index is 11.6. The second-order valence-electron chi connectivity index (χ2n) is 3.23. The molecule has 14 heavy (non-hydrogen) atoms. The van der Waals surface area contributed by atoms with Crippen LogP contribution in [-0.2, 0) is 6.54 Å². The predicted molar refractivity (Wildman–Crippen MR) is 47.7 cm³/mol. The number of fused-ring (bicyclic) bond motifs is 1. The lowest BCUT2D eigenvalue weighted by Gasteiger charge is -2.22. The average Bonchev–Trinajstić information content (AvgIpc) is 2.56. The first kappa shape index (κ1) is 8.74. The zero-order valence-corrected chi connectivity index (χ0v) is 7.73.